The Morgan fingerprint density at radius 3 is 2.60 bits per heavy atom. The summed E-state index contributed by atoms with van der Waals surface area (Å²) in [6, 6.07) is 6.01. The first-order chi connectivity index (χ1) is 9.54. The number of carboxylic acid groups (broad SMARTS) is 1. The van der Waals surface area contributed by atoms with E-state index in [1.54, 1.807) is 24.3 Å². The largest absolute Gasteiger partial charge is 0.482 e. The minimum atomic E-state index is -1.05. The van der Waals surface area contributed by atoms with Crippen LogP contribution in [-0.4, -0.2) is 47.4 Å². The maximum Gasteiger partial charge on any atom is 0.341 e. The van der Waals surface area contributed by atoms with E-state index in [0.29, 0.717) is 24.4 Å². The standard InChI is InChI=1S/C13H16N2O5/c16-9-5-11(14-6-9)13(19)15-8-1-3-10(4-2-8)20-7-12(17)18/h1-4,9,11,14,16H,5-7H2,(H,15,19)(H,17,18). The van der Waals surface area contributed by atoms with Crippen LogP contribution in [0.4, 0.5) is 5.69 Å². The molecule has 0 spiro atoms. The van der Waals surface area contributed by atoms with Gasteiger partial charge in [-0.05, 0) is 30.7 Å². The highest BCUT2D eigenvalue weighted by Gasteiger charge is 2.27. The molecule has 1 amide bonds. The van der Waals surface area contributed by atoms with Crippen LogP contribution in [0.25, 0.3) is 0 Å². The molecule has 20 heavy (non-hydrogen) atoms. The average Bonchev–Trinajstić information content (AvgIpc) is 2.85. The Kier molecular flexibility index (Phi) is 4.54. The molecule has 108 valence electrons. The summed E-state index contributed by atoms with van der Waals surface area (Å²) in [6.45, 7) is 0.00956. The normalized spacial score (nSPS) is 21.4. The van der Waals surface area contributed by atoms with Crippen LogP contribution in [-0.2, 0) is 9.59 Å². The number of aliphatic hydroxyl groups is 1. The Hall–Kier alpha value is -2.12. The van der Waals surface area contributed by atoms with Gasteiger partial charge in [-0.15, -0.1) is 0 Å². The minimum Gasteiger partial charge on any atom is -0.482 e. The fraction of sp³-hybridized carbons (Fsp3) is 0.385. The van der Waals surface area contributed by atoms with Gasteiger partial charge in [0.25, 0.3) is 0 Å². The second-order valence-corrected chi connectivity index (χ2v) is 4.55. The monoisotopic (exact) mass is 280 g/mol. The van der Waals surface area contributed by atoms with Gasteiger partial charge in [0.15, 0.2) is 6.61 Å². The molecule has 0 saturated carbocycles. The molecule has 7 heteroatoms. The summed E-state index contributed by atoms with van der Waals surface area (Å²) >= 11 is 0. The predicted octanol–water partition coefficient (Wildman–Crippen LogP) is -0.189. The van der Waals surface area contributed by atoms with Crippen molar-refractivity contribution < 1.29 is 24.5 Å². The first-order valence-electron chi connectivity index (χ1n) is 6.21. The highest BCUT2D eigenvalue weighted by molar-refractivity contribution is 5.95. The molecule has 7 nitrogen and oxygen atoms in total. The Balaban J connectivity index is 1.87. The number of ether oxygens (including phenoxy) is 1. The molecule has 1 aromatic carbocycles. The number of benzene rings is 1. The summed E-state index contributed by atoms with van der Waals surface area (Å²) in [4.78, 5) is 22.2. The topological polar surface area (TPSA) is 108 Å². The van der Waals surface area contributed by atoms with Crippen molar-refractivity contribution in [3.63, 3.8) is 0 Å². The highest BCUT2D eigenvalue weighted by Crippen LogP contribution is 2.16. The second kappa shape index (κ2) is 6.36. The molecule has 0 radical (unpaired) electrons. The summed E-state index contributed by atoms with van der Waals surface area (Å²) in [7, 11) is 0. The maximum absolute atomic E-state index is 11.9. The number of carbonyl (C=O) groups excluding carboxylic acids is 1. The van der Waals surface area contributed by atoms with E-state index in [2.05, 4.69) is 10.6 Å². The quantitative estimate of drug-likeness (QED) is 0.595. The Labute approximate surface area is 115 Å². The van der Waals surface area contributed by atoms with Crippen LogP contribution >= 0.6 is 0 Å². The summed E-state index contributed by atoms with van der Waals surface area (Å²) in [5, 5.41) is 23.5. The van der Waals surface area contributed by atoms with Crippen LogP contribution in [0.5, 0.6) is 5.75 Å². The van der Waals surface area contributed by atoms with E-state index in [1.165, 1.54) is 0 Å². The third kappa shape index (κ3) is 3.94. The number of anilines is 1. The summed E-state index contributed by atoms with van der Waals surface area (Å²) < 4.78 is 4.98. The lowest BCUT2D eigenvalue weighted by Gasteiger charge is -2.11. The van der Waals surface area contributed by atoms with Crippen LogP contribution in [0.1, 0.15) is 6.42 Å². The lowest BCUT2D eigenvalue weighted by Crippen LogP contribution is -2.35. The zero-order valence-corrected chi connectivity index (χ0v) is 10.7. The predicted molar refractivity (Wildman–Crippen MR) is 70.6 cm³/mol. The van der Waals surface area contributed by atoms with Gasteiger partial charge < -0.3 is 25.6 Å². The number of aliphatic hydroxyl groups excluding tert-OH is 1. The second-order valence-electron chi connectivity index (χ2n) is 4.55. The van der Waals surface area contributed by atoms with Gasteiger partial charge in [-0.25, -0.2) is 4.79 Å². The number of hydrogen-bond acceptors (Lipinski definition) is 5. The highest BCUT2D eigenvalue weighted by atomic mass is 16.5. The minimum absolute atomic E-state index is 0.208. The van der Waals surface area contributed by atoms with Crippen molar-refractivity contribution in [3.05, 3.63) is 24.3 Å². The molecule has 1 aliphatic heterocycles. The van der Waals surface area contributed by atoms with E-state index in [9.17, 15) is 14.7 Å². The molecule has 4 N–H and O–H groups in total. The third-order valence-electron chi connectivity index (χ3n) is 2.91. The molecule has 1 aromatic rings. The average molecular weight is 280 g/mol. The van der Waals surface area contributed by atoms with Gasteiger partial charge in [-0.3, -0.25) is 4.79 Å². The zero-order valence-electron chi connectivity index (χ0n) is 10.7. The van der Waals surface area contributed by atoms with E-state index in [-0.39, 0.29) is 5.91 Å². The van der Waals surface area contributed by atoms with Crippen molar-refractivity contribution in [2.24, 2.45) is 0 Å². The maximum atomic E-state index is 11.9. The summed E-state index contributed by atoms with van der Waals surface area (Å²) in [5.41, 5.74) is 0.584. The molecule has 0 aliphatic carbocycles. The van der Waals surface area contributed by atoms with Crippen molar-refractivity contribution in [1.29, 1.82) is 0 Å². The molecule has 1 heterocycles. The number of rotatable bonds is 5. The number of carbonyl (C=O) groups is 2. The van der Waals surface area contributed by atoms with Crippen LogP contribution in [0.15, 0.2) is 24.3 Å². The van der Waals surface area contributed by atoms with Crippen molar-refractivity contribution >= 4 is 17.6 Å². The van der Waals surface area contributed by atoms with E-state index >= 15 is 0 Å². The van der Waals surface area contributed by atoms with Gasteiger partial charge in [0, 0.05) is 12.2 Å². The van der Waals surface area contributed by atoms with Gasteiger partial charge in [0.2, 0.25) is 5.91 Å². The van der Waals surface area contributed by atoms with E-state index in [0.717, 1.165) is 0 Å². The van der Waals surface area contributed by atoms with Crippen LogP contribution in [0.2, 0.25) is 0 Å². The summed E-state index contributed by atoms with van der Waals surface area (Å²) in [5.74, 6) is -0.839. The Bertz CT molecular complexity index is 488. The van der Waals surface area contributed by atoms with Gasteiger partial charge >= 0.3 is 5.97 Å². The van der Waals surface area contributed by atoms with Gasteiger partial charge in [0.05, 0.1) is 12.1 Å². The third-order valence-corrected chi connectivity index (χ3v) is 2.91. The molecular weight excluding hydrogens is 264 g/mol. The van der Waals surface area contributed by atoms with Crippen LogP contribution < -0.4 is 15.4 Å². The van der Waals surface area contributed by atoms with E-state index < -0.39 is 24.7 Å². The van der Waals surface area contributed by atoms with Crippen molar-refractivity contribution in [2.75, 3.05) is 18.5 Å². The molecule has 1 saturated heterocycles. The Morgan fingerprint density at radius 1 is 1.35 bits per heavy atom. The number of aliphatic carboxylic acids is 1. The summed E-state index contributed by atoms with van der Waals surface area (Å²) in [6.07, 6.45) is -0.0939. The fourth-order valence-corrected chi connectivity index (χ4v) is 1.93. The number of β-amino-alcohol motifs (C(OH)–C–C–N with tert-alkyl or cyclic N) is 1. The first-order valence-corrected chi connectivity index (χ1v) is 6.21. The zero-order chi connectivity index (χ0) is 14.5. The molecule has 0 bridgehead atoms. The van der Waals surface area contributed by atoms with E-state index in [4.69, 9.17) is 9.84 Å². The van der Waals surface area contributed by atoms with Gasteiger partial charge in [0.1, 0.15) is 5.75 Å². The van der Waals surface area contributed by atoms with Gasteiger partial charge in [-0.1, -0.05) is 0 Å². The molecule has 1 fully saturated rings. The molecule has 2 rings (SSSR count). The van der Waals surface area contributed by atoms with E-state index in [1.807, 2.05) is 0 Å². The van der Waals surface area contributed by atoms with Crippen molar-refractivity contribution in [1.82, 2.24) is 5.32 Å². The molecule has 0 aromatic heterocycles. The Morgan fingerprint density at radius 2 is 2.05 bits per heavy atom. The smallest absolute Gasteiger partial charge is 0.341 e. The molecule has 2 atom stereocenters. The SMILES string of the molecule is O=C(O)COc1ccc(NC(=O)C2CC(O)CN2)cc1. The lowest BCUT2D eigenvalue weighted by molar-refractivity contribution is -0.139. The molecule has 1 aliphatic rings. The van der Waals surface area contributed by atoms with Crippen molar-refractivity contribution in [2.45, 2.75) is 18.6 Å². The van der Waals surface area contributed by atoms with Gasteiger partial charge in [-0.2, -0.15) is 0 Å². The molecular formula is C13H16N2O5. The first kappa shape index (κ1) is 14.3. The molecule has 2 unspecified atom stereocenters. The van der Waals surface area contributed by atoms with Crippen LogP contribution in [0, 0.1) is 0 Å². The number of amides is 1. The number of nitrogens with one attached hydrogen (secondary N) is 2. The van der Waals surface area contributed by atoms with Crippen molar-refractivity contribution in [3.8, 4) is 5.75 Å². The van der Waals surface area contributed by atoms with Crippen LogP contribution in [0.3, 0.4) is 0 Å². The number of carboxylic acids is 1. The fourth-order valence-electron chi connectivity index (χ4n) is 1.93. The lowest BCUT2D eigenvalue weighted by atomic mass is 10.2. The number of hydrogen-bond donors (Lipinski definition) is 4.